The molecule has 180 valence electrons. The molecule has 0 aromatic heterocycles. The molecule has 1 amide bonds. The van der Waals surface area contributed by atoms with Crippen LogP contribution in [0.3, 0.4) is 0 Å². The van der Waals surface area contributed by atoms with Gasteiger partial charge in [0.2, 0.25) is 0 Å². The van der Waals surface area contributed by atoms with Crippen molar-refractivity contribution in [2.45, 2.75) is 32.6 Å². The summed E-state index contributed by atoms with van der Waals surface area (Å²) < 4.78 is 33.3. The maximum atomic E-state index is 13.8. The van der Waals surface area contributed by atoms with Gasteiger partial charge in [0.25, 0.3) is 5.91 Å². The molecule has 1 heterocycles. The van der Waals surface area contributed by atoms with Gasteiger partial charge in [0, 0.05) is 18.8 Å². The van der Waals surface area contributed by atoms with Crippen LogP contribution in [0.15, 0.2) is 30.3 Å². The second-order valence-corrected chi connectivity index (χ2v) is 7.50. The molecule has 1 aliphatic heterocycles. The molecular formula is C25H33NO7. The van der Waals surface area contributed by atoms with Crippen LogP contribution < -0.4 is 18.9 Å². The molecule has 1 unspecified atom stereocenters. The minimum atomic E-state index is -0.534. The zero-order valence-electron chi connectivity index (χ0n) is 20.2. The van der Waals surface area contributed by atoms with E-state index in [1.165, 1.54) is 0 Å². The van der Waals surface area contributed by atoms with Gasteiger partial charge < -0.3 is 33.3 Å². The van der Waals surface area contributed by atoms with Gasteiger partial charge in [-0.1, -0.05) is 6.07 Å². The van der Waals surface area contributed by atoms with Crippen molar-refractivity contribution in [1.29, 1.82) is 0 Å². The Morgan fingerprint density at radius 3 is 2.00 bits per heavy atom. The topological polar surface area (TPSA) is 75.7 Å². The van der Waals surface area contributed by atoms with E-state index in [4.69, 9.17) is 28.4 Å². The van der Waals surface area contributed by atoms with Gasteiger partial charge in [0.1, 0.15) is 0 Å². The fourth-order valence-electron chi connectivity index (χ4n) is 4.16. The highest BCUT2D eigenvalue weighted by Crippen LogP contribution is 2.41. The zero-order valence-corrected chi connectivity index (χ0v) is 20.2. The van der Waals surface area contributed by atoms with Gasteiger partial charge in [-0.05, 0) is 55.7 Å². The first-order chi connectivity index (χ1) is 16.0. The molecule has 0 saturated carbocycles. The summed E-state index contributed by atoms with van der Waals surface area (Å²) in [5.41, 5.74) is 2.39. The van der Waals surface area contributed by atoms with Gasteiger partial charge in [0.05, 0.1) is 41.0 Å². The van der Waals surface area contributed by atoms with Crippen LogP contribution in [0.25, 0.3) is 0 Å². The molecule has 0 fully saturated rings. The number of nitrogens with zero attached hydrogens (tertiary/aromatic N) is 1. The van der Waals surface area contributed by atoms with E-state index in [0.717, 1.165) is 11.1 Å². The Kier molecular flexibility index (Phi) is 8.41. The van der Waals surface area contributed by atoms with Crippen LogP contribution in [-0.2, 0) is 15.9 Å². The van der Waals surface area contributed by atoms with Crippen molar-refractivity contribution in [3.05, 3.63) is 47.0 Å². The van der Waals surface area contributed by atoms with E-state index in [1.807, 2.05) is 38.1 Å². The maximum Gasteiger partial charge on any atom is 0.254 e. The van der Waals surface area contributed by atoms with Crippen molar-refractivity contribution >= 4 is 5.91 Å². The van der Waals surface area contributed by atoms with Gasteiger partial charge >= 0.3 is 0 Å². The van der Waals surface area contributed by atoms with Gasteiger partial charge in [-0.2, -0.15) is 0 Å². The third-order valence-corrected chi connectivity index (χ3v) is 5.73. The molecule has 33 heavy (non-hydrogen) atoms. The van der Waals surface area contributed by atoms with Crippen LogP contribution in [0.1, 0.15) is 41.4 Å². The summed E-state index contributed by atoms with van der Waals surface area (Å²) in [7, 11) is 6.33. The summed E-state index contributed by atoms with van der Waals surface area (Å²) >= 11 is 0. The highest BCUT2D eigenvalue weighted by molar-refractivity contribution is 5.98. The first-order valence-electron chi connectivity index (χ1n) is 11.0. The lowest BCUT2D eigenvalue weighted by Gasteiger charge is -2.39. The van der Waals surface area contributed by atoms with Gasteiger partial charge in [-0.3, -0.25) is 4.79 Å². The van der Waals surface area contributed by atoms with Gasteiger partial charge in [-0.25, -0.2) is 0 Å². The van der Waals surface area contributed by atoms with Gasteiger partial charge in [-0.15, -0.1) is 0 Å². The Morgan fingerprint density at radius 2 is 1.42 bits per heavy atom. The highest BCUT2D eigenvalue weighted by Gasteiger charge is 2.36. The average Bonchev–Trinajstić information content (AvgIpc) is 2.84. The molecule has 0 N–H and O–H groups in total. The molecule has 8 nitrogen and oxygen atoms in total. The summed E-state index contributed by atoms with van der Waals surface area (Å²) in [5.74, 6) is 2.21. The first kappa shape index (κ1) is 24.7. The van der Waals surface area contributed by atoms with Crippen molar-refractivity contribution in [3.63, 3.8) is 0 Å². The fraction of sp³-hybridized carbons (Fsp3) is 0.480. The number of carbonyl (C=O) groups excluding carboxylic acids is 1. The molecule has 0 aliphatic carbocycles. The summed E-state index contributed by atoms with van der Waals surface area (Å²) in [5, 5.41) is 0. The smallest absolute Gasteiger partial charge is 0.254 e. The van der Waals surface area contributed by atoms with Crippen LogP contribution in [0.4, 0.5) is 0 Å². The molecule has 2 aromatic carbocycles. The number of methoxy groups -OCH3 is 4. The minimum Gasteiger partial charge on any atom is -0.493 e. The lowest BCUT2D eigenvalue weighted by molar-refractivity contribution is -0.146. The van der Waals surface area contributed by atoms with Gasteiger partial charge in [0.15, 0.2) is 29.3 Å². The van der Waals surface area contributed by atoms with E-state index >= 15 is 0 Å². The average molecular weight is 460 g/mol. The van der Waals surface area contributed by atoms with Crippen molar-refractivity contribution < 1.29 is 33.2 Å². The Labute approximate surface area is 195 Å². The number of ether oxygens (including phenoxy) is 6. The summed E-state index contributed by atoms with van der Waals surface area (Å²) in [6.45, 7) is 5.06. The molecule has 1 aliphatic rings. The van der Waals surface area contributed by atoms with Crippen LogP contribution in [0, 0.1) is 0 Å². The van der Waals surface area contributed by atoms with E-state index in [0.29, 0.717) is 48.2 Å². The molecule has 3 rings (SSSR count). The molecule has 0 spiro atoms. The second-order valence-electron chi connectivity index (χ2n) is 7.50. The Morgan fingerprint density at radius 1 is 0.848 bits per heavy atom. The maximum absolute atomic E-state index is 13.8. The highest BCUT2D eigenvalue weighted by atomic mass is 16.7. The molecule has 0 saturated heterocycles. The number of hydrogen-bond donors (Lipinski definition) is 0. The minimum absolute atomic E-state index is 0.124. The number of fused-ring (bicyclic) bond motifs is 1. The monoisotopic (exact) mass is 459 g/mol. The Hall–Kier alpha value is -2.97. The molecule has 0 bridgehead atoms. The lowest BCUT2D eigenvalue weighted by Crippen LogP contribution is -2.45. The predicted molar refractivity (Wildman–Crippen MR) is 124 cm³/mol. The summed E-state index contributed by atoms with van der Waals surface area (Å²) in [6.07, 6.45) is 0.0512. The quantitative estimate of drug-likeness (QED) is 0.472. The third-order valence-electron chi connectivity index (χ3n) is 5.73. The largest absolute Gasteiger partial charge is 0.493 e. The zero-order chi connectivity index (χ0) is 24.0. The standard InChI is InChI=1S/C25H33NO7/c1-7-32-24(33-8-2)15-26-19(16-9-10-20(28-3)21(12-16)29-4)11-17-13-22(30-5)23(31-6)14-18(17)25(26)27/h9-10,12-14,19,24H,7-8,11,15H2,1-6H3. The number of benzene rings is 2. The van der Waals surface area contributed by atoms with E-state index in [9.17, 15) is 4.79 Å². The number of amides is 1. The second kappa shape index (κ2) is 11.2. The fourth-order valence-corrected chi connectivity index (χ4v) is 4.16. The number of hydrogen-bond acceptors (Lipinski definition) is 7. The molecular weight excluding hydrogens is 426 g/mol. The van der Waals surface area contributed by atoms with Crippen molar-refractivity contribution in [3.8, 4) is 23.0 Å². The predicted octanol–water partition coefficient (Wildman–Crippen LogP) is 3.86. The number of rotatable bonds is 11. The Balaban J connectivity index is 2.09. The van der Waals surface area contributed by atoms with E-state index < -0.39 is 6.29 Å². The van der Waals surface area contributed by atoms with E-state index in [-0.39, 0.29) is 18.5 Å². The third kappa shape index (κ3) is 5.17. The molecule has 8 heteroatoms. The van der Waals surface area contributed by atoms with E-state index in [1.54, 1.807) is 39.4 Å². The number of carbonyl (C=O) groups is 1. The Bertz CT molecular complexity index is 956. The van der Waals surface area contributed by atoms with E-state index in [2.05, 4.69) is 0 Å². The van der Waals surface area contributed by atoms with Crippen LogP contribution in [0.2, 0.25) is 0 Å². The van der Waals surface area contributed by atoms with Crippen molar-refractivity contribution in [2.24, 2.45) is 0 Å². The summed E-state index contributed by atoms with van der Waals surface area (Å²) in [6, 6.07) is 9.07. The SMILES string of the molecule is CCOC(CN1C(=O)c2cc(OC)c(OC)cc2CC1c1ccc(OC)c(OC)c1)OCC. The molecule has 2 aromatic rings. The molecule has 1 atom stereocenters. The van der Waals surface area contributed by atoms with Crippen molar-refractivity contribution in [1.82, 2.24) is 4.90 Å². The van der Waals surface area contributed by atoms with Crippen LogP contribution in [0.5, 0.6) is 23.0 Å². The summed E-state index contributed by atoms with van der Waals surface area (Å²) in [4.78, 5) is 15.5. The van der Waals surface area contributed by atoms with Crippen LogP contribution in [-0.4, -0.2) is 65.3 Å². The van der Waals surface area contributed by atoms with Crippen LogP contribution >= 0.6 is 0 Å². The lowest BCUT2D eigenvalue weighted by atomic mass is 9.88. The molecule has 0 radical (unpaired) electrons. The normalized spacial score (nSPS) is 15.4. The first-order valence-corrected chi connectivity index (χ1v) is 11.0. The van der Waals surface area contributed by atoms with Crippen molar-refractivity contribution in [2.75, 3.05) is 48.2 Å².